The van der Waals surface area contributed by atoms with Gasteiger partial charge in [0.15, 0.2) is 0 Å². The predicted molar refractivity (Wildman–Crippen MR) is 55.9 cm³/mol. The molecule has 0 spiro atoms. The molecule has 0 aromatic carbocycles. The maximum absolute atomic E-state index is 5.68. The fourth-order valence-electron chi connectivity index (χ4n) is 2.21. The molecule has 1 fully saturated rings. The van der Waals surface area contributed by atoms with Gasteiger partial charge in [0.05, 0.1) is 12.7 Å². The highest BCUT2D eigenvalue weighted by atomic mass is 16.5. The van der Waals surface area contributed by atoms with E-state index in [4.69, 9.17) is 4.74 Å². The van der Waals surface area contributed by atoms with E-state index in [1.54, 1.807) is 0 Å². The topological polar surface area (TPSA) is 12.5 Å². The zero-order valence-electron chi connectivity index (χ0n) is 9.42. The van der Waals surface area contributed by atoms with Crippen LogP contribution in [-0.2, 0) is 4.74 Å². The van der Waals surface area contributed by atoms with Crippen LogP contribution in [0.4, 0.5) is 0 Å². The zero-order valence-corrected chi connectivity index (χ0v) is 9.42. The molecule has 78 valence electrons. The molecule has 0 aromatic rings. The molecule has 1 rings (SSSR count). The fraction of sp³-hybridized carbons (Fsp3) is 1.00. The molecule has 2 atom stereocenters. The van der Waals surface area contributed by atoms with Crippen molar-refractivity contribution < 1.29 is 4.74 Å². The summed E-state index contributed by atoms with van der Waals surface area (Å²) < 4.78 is 5.68. The van der Waals surface area contributed by atoms with Gasteiger partial charge in [-0.3, -0.25) is 0 Å². The molecule has 0 bridgehead atoms. The third-order valence-corrected chi connectivity index (χ3v) is 2.93. The first kappa shape index (κ1) is 11.0. The lowest BCUT2D eigenvalue weighted by Gasteiger charge is -2.26. The van der Waals surface area contributed by atoms with Crippen molar-refractivity contribution in [3.8, 4) is 0 Å². The summed E-state index contributed by atoms with van der Waals surface area (Å²) in [5.74, 6) is 0.761. The Morgan fingerprint density at radius 1 is 1.31 bits per heavy atom. The van der Waals surface area contributed by atoms with Crippen LogP contribution in [0, 0.1) is 5.92 Å². The van der Waals surface area contributed by atoms with Crippen LogP contribution in [0.25, 0.3) is 0 Å². The Kier molecular flexibility index (Phi) is 4.20. The van der Waals surface area contributed by atoms with Crippen LogP contribution in [0.3, 0.4) is 0 Å². The minimum Gasteiger partial charge on any atom is -0.378 e. The number of nitrogens with zero attached hydrogens (tertiary/aromatic N) is 1. The summed E-state index contributed by atoms with van der Waals surface area (Å²) in [4.78, 5) is 2.35. The highest BCUT2D eigenvalue weighted by Crippen LogP contribution is 2.28. The summed E-state index contributed by atoms with van der Waals surface area (Å²) in [6.07, 6.45) is 4.44. The second-order valence-corrected chi connectivity index (χ2v) is 4.60. The van der Waals surface area contributed by atoms with E-state index in [0.717, 1.165) is 18.6 Å². The Morgan fingerprint density at radius 2 is 2.00 bits per heavy atom. The Bertz CT molecular complexity index is 145. The van der Waals surface area contributed by atoms with Gasteiger partial charge < -0.3 is 9.64 Å². The number of ether oxygens (including phenoxy) is 1. The minimum atomic E-state index is 0.378. The van der Waals surface area contributed by atoms with Gasteiger partial charge in [0.1, 0.15) is 0 Å². The molecule has 2 nitrogen and oxygen atoms in total. The molecule has 1 aliphatic rings. The normalized spacial score (nSPS) is 29.1. The van der Waals surface area contributed by atoms with Gasteiger partial charge in [-0.1, -0.05) is 6.42 Å². The quantitative estimate of drug-likeness (QED) is 0.665. The average Bonchev–Trinajstić information content (AvgIpc) is 2.47. The van der Waals surface area contributed by atoms with Crippen LogP contribution in [0.1, 0.15) is 33.1 Å². The molecule has 1 unspecified atom stereocenters. The summed E-state index contributed by atoms with van der Waals surface area (Å²) in [7, 11) is 4.36. The molecule has 0 aromatic heterocycles. The maximum Gasteiger partial charge on any atom is 0.0519 e. The molecule has 0 amide bonds. The summed E-state index contributed by atoms with van der Waals surface area (Å²) in [5, 5.41) is 0. The third kappa shape index (κ3) is 3.28. The van der Waals surface area contributed by atoms with Gasteiger partial charge in [0.25, 0.3) is 0 Å². The van der Waals surface area contributed by atoms with Gasteiger partial charge in [0, 0.05) is 6.04 Å². The second kappa shape index (κ2) is 4.97. The lowest BCUT2D eigenvalue weighted by Crippen LogP contribution is -2.34. The van der Waals surface area contributed by atoms with E-state index in [1.807, 2.05) is 0 Å². The van der Waals surface area contributed by atoms with Crippen LogP contribution < -0.4 is 0 Å². The molecule has 0 aliphatic heterocycles. The molecule has 0 saturated heterocycles. The van der Waals surface area contributed by atoms with Crippen molar-refractivity contribution in [1.82, 2.24) is 4.90 Å². The molecule has 1 aliphatic carbocycles. The van der Waals surface area contributed by atoms with Crippen LogP contribution >= 0.6 is 0 Å². The van der Waals surface area contributed by atoms with Crippen LogP contribution in [0.5, 0.6) is 0 Å². The molecular weight excluding hydrogens is 162 g/mol. The van der Waals surface area contributed by atoms with E-state index in [2.05, 4.69) is 32.8 Å². The predicted octanol–water partition coefficient (Wildman–Crippen LogP) is 2.14. The monoisotopic (exact) mass is 185 g/mol. The van der Waals surface area contributed by atoms with Gasteiger partial charge in [-0.2, -0.15) is 0 Å². The van der Waals surface area contributed by atoms with Crippen LogP contribution in [0.15, 0.2) is 0 Å². The number of rotatable bonds is 4. The maximum atomic E-state index is 5.68. The van der Waals surface area contributed by atoms with Gasteiger partial charge in [-0.15, -0.1) is 0 Å². The first-order valence-electron chi connectivity index (χ1n) is 5.39. The molecular formula is C11H23NO. The van der Waals surface area contributed by atoms with Crippen molar-refractivity contribution in [2.45, 2.75) is 45.3 Å². The van der Waals surface area contributed by atoms with Gasteiger partial charge >= 0.3 is 0 Å². The summed E-state index contributed by atoms with van der Waals surface area (Å²) in [5.41, 5.74) is 0. The van der Waals surface area contributed by atoms with Crippen molar-refractivity contribution in [2.24, 2.45) is 5.92 Å². The van der Waals surface area contributed by atoms with E-state index in [0.29, 0.717) is 6.10 Å². The van der Waals surface area contributed by atoms with E-state index in [-0.39, 0.29) is 0 Å². The summed E-state index contributed by atoms with van der Waals surface area (Å²) in [6, 6.07) is 0.749. The highest BCUT2D eigenvalue weighted by Gasteiger charge is 2.28. The minimum absolute atomic E-state index is 0.378. The van der Waals surface area contributed by atoms with Crippen molar-refractivity contribution in [3.05, 3.63) is 0 Å². The Balaban J connectivity index is 2.31. The standard InChI is InChI=1S/C11H23NO/c1-9(2)13-8-10-6-5-7-11(10)12(3)4/h9-11H,5-8H2,1-4H3/t10?,11-/m0/s1. The Labute approximate surface area is 82.3 Å². The van der Waals surface area contributed by atoms with Gasteiger partial charge in [-0.25, -0.2) is 0 Å². The second-order valence-electron chi connectivity index (χ2n) is 4.60. The Hall–Kier alpha value is -0.0800. The van der Waals surface area contributed by atoms with Gasteiger partial charge in [0.2, 0.25) is 0 Å². The molecule has 0 radical (unpaired) electrons. The smallest absolute Gasteiger partial charge is 0.0519 e. The first-order valence-corrected chi connectivity index (χ1v) is 5.39. The molecule has 13 heavy (non-hydrogen) atoms. The van der Waals surface area contributed by atoms with Crippen LogP contribution in [-0.4, -0.2) is 37.7 Å². The number of hydrogen-bond acceptors (Lipinski definition) is 2. The molecule has 2 heteroatoms. The van der Waals surface area contributed by atoms with E-state index < -0.39 is 0 Å². The molecule has 0 heterocycles. The largest absolute Gasteiger partial charge is 0.378 e. The van der Waals surface area contributed by atoms with E-state index in [9.17, 15) is 0 Å². The van der Waals surface area contributed by atoms with E-state index in [1.165, 1.54) is 19.3 Å². The third-order valence-electron chi connectivity index (χ3n) is 2.93. The summed E-state index contributed by atoms with van der Waals surface area (Å²) >= 11 is 0. The highest BCUT2D eigenvalue weighted by molar-refractivity contribution is 4.82. The molecule has 0 N–H and O–H groups in total. The van der Waals surface area contributed by atoms with Crippen molar-refractivity contribution in [2.75, 3.05) is 20.7 Å². The SMILES string of the molecule is CC(C)OCC1CCC[C@@H]1N(C)C. The zero-order chi connectivity index (χ0) is 9.84. The lowest BCUT2D eigenvalue weighted by atomic mass is 10.0. The van der Waals surface area contributed by atoms with E-state index >= 15 is 0 Å². The fourth-order valence-corrected chi connectivity index (χ4v) is 2.21. The number of hydrogen-bond donors (Lipinski definition) is 0. The summed E-state index contributed by atoms with van der Waals surface area (Å²) in [6.45, 7) is 5.17. The Morgan fingerprint density at radius 3 is 2.54 bits per heavy atom. The lowest BCUT2D eigenvalue weighted by molar-refractivity contribution is 0.0349. The van der Waals surface area contributed by atoms with Crippen molar-refractivity contribution in [3.63, 3.8) is 0 Å². The average molecular weight is 185 g/mol. The first-order chi connectivity index (χ1) is 6.11. The molecule has 1 saturated carbocycles. The van der Waals surface area contributed by atoms with Gasteiger partial charge in [-0.05, 0) is 46.7 Å². The van der Waals surface area contributed by atoms with Crippen LogP contribution in [0.2, 0.25) is 0 Å². The van der Waals surface area contributed by atoms with Crippen molar-refractivity contribution in [1.29, 1.82) is 0 Å². The van der Waals surface area contributed by atoms with Crippen molar-refractivity contribution >= 4 is 0 Å².